The third-order valence-electron chi connectivity index (χ3n) is 3.65. The summed E-state index contributed by atoms with van der Waals surface area (Å²) >= 11 is 0. The Bertz CT molecular complexity index is 814. The highest BCUT2D eigenvalue weighted by Gasteiger charge is 2.27. The van der Waals surface area contributed by atoms with Crippen LogP contribution in [0.3, 0.4) is 0 Å². The minimum atomic E-state index is -3.83. The van der Waals surface area contributed by atoms with Gasteiger partial charge in [0.15, 0.2) is 0 Å². The molecule has 2 rings (SSSR count). The van der Waals surface area contributed by atoms with Gasteiger partial charge < -0.3 is 5.32 Å². The summed E-state index contributed by atoms with van der Waals surface area (Å²) in [6.07, 6.45) is 0. The second kappa shape index (κ2) is 7.49. The van der Waals surface area contributed by atoms with Crippen LogP contribution in [0.4, 0.5) is 5.69 Å². The first kappa shape index (κ1) is 18.0. The molecule has 0 atom stereocenters. The van der Waals surface area contributed by atoms with Gasteiger partial charge in [0.25, 0.3) is 10.0 Å². The molecule has 0 aliphatic heterocycles. The number of carbonyl (C=O) groups is 1. The van der Waals surface area contributed by atoms with Gasteiger partial charge in [-0.2, -0.15) is 0 Å². The number of sulfonamides is 1. The van der Waals surface area contributed by atoms with Gasteiger partial charge in [0, 0.05) is 6.54 Å². The normalized spacial score (nSPS) is 11.1. The zero-order valence-corrected chi connectivity index (χ0v) is 14.9. The molecule has 0 fully saturated rings. The lowest BCUT2D eigenvalue weighted by atomic mass is 10.2. The number of anilines is 1. The minimum Gasteiger partial charge on any atom is -0.355 e. The van der Waals surface area contributed by atoms with Crippen LogP contribution in [0.2, 0.25) is 0 Å². The van der Waals surface area contributed by atoms with Crippen LogP contribution in [0.15, 0.2) is 53.4 Å². The highest BCUT2D eigenvalue weighted by Crippen LogP contribution is 2.26. The monoisotopic (exact) mass is 346 g/mol. The van der Waals surface area contributed by atoms with E-state index in [1.807, 2.05) is 26.0 Å². The van der Waals surface area contributed by atoms with Crippen molar-refractivity contribution >= 4 is 21.6 Å². The second-order valence-electron chi connectivity index (χ2n) is 5.56. The van der Waals surface area contributed by atoms with Crippen LogP contribution in [-0.4, -0.2) is 27.4 Å². The average Bonchev–Trinajstić information content (AvgIpc) is 2.54. The first-order valence-corrected chi connectivity index (χ1v) is 9.22. The molecule has 0 aliphatic carbocycles. The Morgan fingerprint density at radius 3 is 2.25 bits per heavy atom. The van der Waals surface area contributed by atoms with E-state index in [1.165, 1.54) is 0 Å². The number of benzene rings is 2. The summed E-state index contributed by atoms with van der Waals surface area (Å²) in [6, 6.07) is 13.7. The predicted octanol–water partition coefficient (Wildman–Crippen LogP) is 2.63. The number of amides is 1. The number of para-hydroxylation sites is 1. The Balaban J connectivity index is 2.50. The minimum absolute atomic E-state index is 0.167. The molecular weight excluding hydrogens is 324 g/mol. The van der Waals surface area contributed by atoms with Crippen molar-refractivity contribution < 1.29 is 13.2 Å². The summed E-state index contributed by atoms with van der Waals surface area (Å²) in [7, 11) is -3.83. The number of likely N-dealkylation sites (N-methyl/N-ethyl adjacent to an activating group) is 1. The van der Waals surface area contributed by atoms with Crippen LogP contribution in [-0.2, 0) is 14.8 Å². The lowest BCUT2D eigenvalue weighted by molar-refractivity contribution is -0.119. The summed E-state index contributed by atoms with van der Waals surface area (Å²) < 4.78 is 27.3. The molecule has 6 heteroatoms. The van der Waals surface area contributed by atoms with Gasteiger partial charge >= 0.3 is 0 Å². The summed E-state index contributed by atoms with van der Waals surface area (Å²) in [5, 5.41) is 2.65. The van der Waals surface area contributed by atoms with Gasteiger partial charge in [-0.25, -0.2) is 8.42 Å². The lowest BCUT2D eigenvalue weighted by Gasteiger charge is -2.25. The molecule has 5 nitrogen and oxygen atoms in total. The molecule has 1 N–H and O–H groups in total. The molecule has 0 bridgehead atoms. The molecule has 128 valence electrons. The summed E-state index contributed by atoms with van der Waals surface area (Å²) in [5.41, 5.74) is 2.27. The van der Waals surface area contributed by atoms with Gasteiger partial charge in [-0.15, -0.1) is 0 Å². The number of rotatable bonds is 6. The number of hydrogen-bond donors (Lipinski definition) is 1. The van der Waals surface area contributed by atoms with Crippen molar-refractivity contribution in [1.29, 1.82) is 0 Å². The van der Waals surface area contributed by atoms with E-state index in [0.29, 0.717) is 12.2 Å². The van der Waals surface area contributed by atoms with Crippen LogP contribution >= 0.6 is 0 Å². The van der Waals surface area contributed by atoms with Crippen molar-refractivity contribution in [2.75, 3.05) is 17.4 Å². The molecule has 0 aliphatic rings. The number of hydrogen-bond acceptors (Lipinski definition) is 3. The zero-order valence-electron chi connectivity index (χ0n) is 14.1. The van der Waals surface area contributed by atoms with E-state index in [2.05, 4.69) is 5.32 Å². The van der Waals surface area contributed by atoms with Crippen molar-refractivity contribution in [2.45, 2.75) is 25.7 Å². The standard InChI is InChI=1S/C18H22N2O3S/c1-4-19-18(21)13-20(17-8-6-5-7-15(17)3)24(22,23)16-11-9-14(2)10-12-16/h5-12H,4,13H2,1-3H3,(H,19,21). The molecule has 0 spiro atoms. The molecule has 0 aromatic heterocycles. The van der Waals surface area contributed by atoms with Crippen molar-refractivity contribution in [1.82, 2.24) is 5.32 Å². The van der Waals surface area contributed by atoms with Crippen LogP contribution < -0.4 is 9.62 Å². The van der Waals surface area contributed by atoms with E-state index in [9.17, 15) is 13.2 Å². The first-order valence-electron chi connectivity index (χ1n) is 7.78. The molecule has 0 saturated heterocycles. The largest absolute Gasteiger partial charge is 0.355 e. The van der Waals surface area contributed by atoms with Gasteiger partial charge in [0.2, 0.25) is 5.91 Å². The molecule has 0 unspecified atom stereocenters. The molecule has 24 heavy (non-hydrogen) atoms. The lowest BCUT2D eigenvalue weighted by Crippen LogP contribution is -2.41. The molecule has 0 radical (unpaired) electrons. The van der Waals surface area contributed by atoms with E-state index in [1.54, 1.807) is 43.3 Å². The fourth-order valence-electron chi connectivity index (χ4n) is 2.36. The number of nitrogens with zero attached hydrogens (tertiary/aromatic N) is 1. The van der Waals surface area contributed by atoms with Crippen LogP contribution in [0, 0.1) is 13.8 Å². The smallest absolute Gasteiger partial charge is 0.264 e. The zero-order chi connectivity index (χ0) is 17.7. The quantitative estimate of drug-likeness (QED) is 0.874. The second-order valence-corrected chi connectivity index (χ2v) is 7.43. The van der Waals surface area contributed by atoms with Crippen LogP contribution in [0.5, 0.6) is 0 Å². The number of carbonyl (C=O) groups excluding carboxylic acids is 1. The van der Waals surface area contributed by atoms with E-state index in [-0.39, 0.29) is 17.3 Å². The van der Waals surface area contributed by atoms with Gasteiger partial charge in [0.1, 0.15) is 6.54 Å². The number of nitrogens with one attached hydrogen (secondary N) is 1. The third kappa shape index (κ3) is 3.94. The Labute approximate surface area is 143 Å². The highest BCUT2D eigenvalue weighted by molar-refractivity contribution is 7.92. The summed E-state index contributed by atoms with van der Waals surface area (Å²) in [6.45, 7) is 5.71. The maximum absolute atomic E-state index is 13.1. The van der Waals surface area contributed by atoms with Gasteiger partial charge in [0.05, 0.1) is 10.6 Å². The molecule has 2 aromatic rings. The Hall–Kier alpha value is -2.34. The van der Waals surface area contributed by atoms with Crippen molar-refractivity contribution in [3.63, 3.8) is 0 Å². The topological polar surface area (TPSA) is 66.5 Å². The summed E-state index contributed by atoms with van der Waals surface area (Å²) in [4.78, 5) is 12.2. The molecule has 0 heterocycles. The maximum atomic E-state index is 13.1. The third-order valence-corrected chi connectivity index (χ3v) is 5.43. The Morgan fingerprint density at radius 1 is 1.04 bits per heavy atom. The van der Waals surface area contributed by atoms with Crippen molar-refractivity contribution in [3.05, 3.63) is 59.7 Å². The van der Waals surface area contributed by atoms with Crippen molar-refractivity contribution in [2.24, 2.45) is 0 Å². The van der Waals surface area contributed by atoms with E-state index in [0.717, 1.165) is 15.4 Å². The van der Waals surface area contributed by atoms with E-state index >= 15 is 0 Å². The van der Waals surface area contributed by atoms with Gasteiger partial charge in [-0.3, -0.25) is 9.10 Å². The predicted molar refractivity (Wildman–Crippen MR) is 95.6 cm³/mol. The van der Waals surface area contributed by atoms with E-state index < -0.39 is 10.0 Å². The Morgan fingerprint density at radius 2 is 1.67 bits per heavy atom. The average molecular weight is 346 g/mol. The van der Waals surface area contributed by atoms with Gasteiger partial charge in [-0.1, -0.05) is 35.9 Å². The van der Waals surface area contributed by atoms with Gasteiger partial charge in [-0.05, 0) is 44.5 Å². The molecule has 1 amide bonds. The highest BCUT2D eigenvalue weighted by atomic mass is 32.2. The van der Waals surface area contributed by atoms with Crippen LogP contribution in [0.1, 0.15) is 18.1 Å². The van der Waals surface area contributed by atoms with Crippen LogP contribution in [0.25, 0.3) is 0 Å². The molecule has 2 aromatic carbocycles. The SMILES string of the molecule is CCNC(=O)CN(c1ccccc1C)S(=O)(=O)c1ccc(C)cc1. The fraction of sp³-hybridized carbons (Fsp3) is 0.278. The number of aryl methyl sites for hydroxylation is 2. The van der Waals surface area contributed by atoms with E-state index in [4.69, 9.17) is 0 Å². The van der Waals surface area contributed by atoms with Crippen molar-refractivity contribution in [3.8, 4) is 0 Å². The molecule has 0 saturated carbocycles. The Kier molecular flexibility index (Phi) is 5.62. The maximum Gasteiger partial charge on any atom is 0.264 e. The molecular formula is C18H22N2O3S. The fourth-order valence-corrected chi connectivity index (χ4v) is 3.85. The first-order chi connectivity index (χ1) is 11.4. The summed E-state index contributed by atoms with van der Waals surface area (Å²) in [5.74, 6) is -0.337.